The summed E-state index contributed by atoms with van der Waals surface area (Å²) in [7, 11) is -3.91. The summed E-state index contributed by atoms with van der Waals surface area (Å²) in [5.41, 5.74) is 0.906. The number of fused-ring (bicyclic) bond motifs is 3. The molecule has 0 aliphatic rings. The molecule has 0 saturated carbocycles. The standard InChI is InChI=1S/C10H8N4O2S/c11-17(15,16)14-10-8-4-2-1-3-7(8)5-12-9(10)6-13-14/h1-6H,(H2,11,15,16). The van der Waals surface area contributed by atoms with E-state index in [2.05, 4.69) is 10.1 Å². The van der Waals surface area contributed by atoms with Crippen LogP contribution in [0.1, 0.15) is 0 Å². The number of hydrogen-bond donors (Lipinski definition) is 1. The summed E-state index contributed by atoms with van der Waals surface area (Å²) in [5.74, 6) is 0. The van der Waals surface area contributed by atoms with Gasteiger partial charge in [0.05, 0.1) is 6.20 Å². The third kappa shape index (κ3) is 1.48. The van der Waals surface area contributed by atoms with Gasteiger partial charge in [-0.3, -0.25) is 4.98 Å². The number of nitrogens with two attached hydrogens (primary N) is 1. The van der Waals surface area contributed by atoms with Crippen LogP contribution in [0.3, 0.4) is 0 Å². The Morgan fingerprint density at radius 2 is 1.94 bits per heavy atom. The highest BCUT2D eigenvalue weighted by Crippen LogP contribution is 2.23. The summed E-state index contributed by atoms with van der Waals surface area (Å²) >= 11 is 0. The molecule has 0 radical (unpaired) electrons. The van der Waals surface area contributed by atoms with Crippen LogP contribution in [0.4, 0.5) is 0 Å². The summed E-state index contributed by atoms with van der Waals surface area (Å²) in [6.07, 6.45) is 3.05. The molecule has 3 rings (SSSR count). The Kier molecular flexibility index (Phi) is 1.95. The van der Waals surface area contributed by atoms with Crippen LogP contribution in [0.25, 0.3) is 21.8 Å². The van der Waals surface area contributed by atoms with E-state index >= 15 is 0 Å². The predicted octanol–water partition coefficient (Wildman–Crippen LogP) is 0.636. The van der Waals surface area contributed by atoms with E-state index in [-0.39, 0.29) is 0 Å². The first-order valence-electron chi connectivity index (χ1n) is 4.82. The maximum Gasteiger partial charge on any atom is 0.318 e. The molecule has 0 aliphatic carbocycles. The van der Waals surface area contributed by atoms with Crippen molar-refractivity contribution in [1.29, 1.82) is 0 Å². The average molecular weight is 248 g/mol. The Balaban J connectivity index is 2.60. The van der Waals surface area contributed by atoms with Crippen molar-refractivity contribution in [2.45, 2.75) is 0 Å². The SMILES string of the molecule is NS(=O)(=O)n1ncc2ncc3ccccc3c21. The monoisotopic (exact) mass is 248 g/mol. The minimum atomic E-state index is -3.91. The van der Waals surface area contributed by atoms with Gasteiger partial charge in [-0.1, -0.05) is 24.3 Å². The molecule has 2 heterocycles. The van der Waals surface area contributed by atoms with Crippen LogP contribution in [0, 0.1) is 0 Å². The van der Waals surface area contributed by atoms with Crippen molar-refractivity contribution in [3.05, 3.63) is 36.7 Å². The average Bonchev–Trinajstić information content (AvgIpc) is 2.72. The minimum Gasteiger partial charge on any atom is -0.252 e. The van der Waals surface area contributed by atoms with Gasteiger partial charge >= 0.3 is 10.2 Å². The Morgan fingerprint density at radius 3 is 2.71 bits per heavy atom. The maximum absolute atomic E-state index is 11.4. The molecule has 0 amide bonds. The molecule has 17 heavy (non-hydrogen) atoms. The third-order valence-electron chi connectivity index (χ3n) is 2.52. The van der Waals surface area contributed by atoms with Crippen LogP contribution in [-0.2, 0) is 10.2 Å². The molecule has 0 bridgehead atoms. The first-order chi connectivity index (χ1) is 8.07. The van der Waals surface area contributed by atoms with Gasteiger partial charge in [0, 0.05) is 17.0 Å². The van der Waals surface area contributed by atoms with E-state index in [1.54, 1.807) is 6.20 Å². The van der Waals surface area contributed by atoms with Gasteiger partial charge in [-0.25, -0.2) is 5.14 Å². The highest BCUT2D eigenvalue weighted by atomic mass is 32.2. The minimum absolute atomic E-state index is 0.408. The van der Waals surface area contributed by atoms with Crippen molar-refractivity contribution in [3.63, 3.8) is 0 Å². The number of pyridine rings is 1. The molecule has 2 N–H and O–H groups in total. The Bertz CT molecular complexity index is 823. The lowest BCUT2D eigenvalue weighted by Gasteiger charge is -2.02. The van der Waals surface area contributed by atoms with Gasteiger partial charge in [0.25, 0.3) is 0 Å². The molecule has 0 unspecified atom stereocenters. The molecular weight excluding hydrogens is 240 g/mol. The van der Waals surface area contributed by atoms with Gasteiger partial charge in [0.2, 0.25) is 0 Å². The molecule has 86 valence electrons. The molecule has 1 aromatic carbocycles. The smallest absolute Gasteiger partial charge is 0.252 e. The molecule has 0 fully saturated rings. The van der Waals surface area contributed by atoms with E-state index in [0.717, 1.165) is 14.9 Å². The number of hydrogen-bond acceptors (Lipinski definition) is 4. The fourth-order valence-corrected chi connectivity index (χ4v) is 2.44. The normalized spacial score (nSPS) is 12.3. The lowest BCUT2D eigenvalue weighted by molar-refractivity contribution is 0.584. The fourth-order valence-electron chi connectivity index (χ4n) is 1.82. The van der Waals surface area contributed by atoms with Crippen molar-refractivity contribution >= 4 is 32.0 Å². The largest absolute Gasteiger partial charge is 0.318 e. The topological polar surface area (TPSA) is 90.9 Å². The molecule has 0 spiro atoms. The molecule has 7 heteroatoms. The molecular formula is C10H8N4O2S. The van der Waals surface area contributed by atoms with E-state index in [0.29, 0.717) is 11.0 Å². The van der Waals surface area contributed by atoms with Gasteiger partial charge in [0.15, 0.2) is 0 Å². The molecule has 3 aromatic rings. The van der Waals surface area contributed by atoms with E-state index in [1.165, 1.54) is 6.20 Å². The summed E-state index contributed by atoms with van der Waals surface area (Å²) in [6.45, 7) is 0. The second-order valence-electron chi connectivity index (χ2n) is 3.61. The Morgan fingerprint density at radius 1 is 1.18 bits per heavy atom. The van der Waals surface area contributed by atoms with Crippen molar-refractivity contribution in [1.82, 2.24) is 14.2 Å². The quantitative estimate of drug-likeness (QED) is 0.684. The van der Waals surface area contributed by atoms with Crippen molar-refractivity contribution in [3.8, 4) is 0 Å². The number of rotatable bonds is 1. The summed E-state index contributed by atoms with van der Waals surface area (Å²) in [6, 6.07) is 7.33. The van der Waals surface area contributed by atoms with Crippen LogP contribution in [0.5, 0.6) is 0 Å². The lowest BCUT2D eigenvalue weighted by Crippen LogP contribution is -2.22. The van der Waals surface area contributed by atoms with Crippen molar-refractivity contribution in [2.24, 2.45) is 5.14 Å². The molecule has 0 aliphatic heterocycles. The van der Waals surface area contributed by atoms with Crippen LogP contribution in [-0.4, -0.2) is 22.6 Å². The van der Waals surface area contributed by atoms with Crippen LogP contribution in [0.15, 0.2) is 36.7 Å². The Labute approximate surface area is 96.9 Å². The molecule has 0 saturated heterocycles. The highest BCUT2D eigenvalue weighted by Gasteiger charge is 2.15. The Hall–Kier alpha value is -1.99. The van der Waals surface area contributed by atoms with Gasteiger partial charge < -0.3 is 0 Å². The van der Waals surface area contributed by atoms with Crippen molar-refractivity contribution in [2.75, 3.05) is 0 Å². The third-order valence-corrected chi connectivity index (χ3v) is 3.28. The van der Waals surface area contributed by atoms with Crippen LogP contribution in [0.2, 0.25) is 0 Å². The maximum atomic E-state index is 11.4. The van der Waals surface area contributed by atoms with Crippen molar-refractivity contribution < 1.29 is 8.42 Å². The fraction of sp³-hybridized carbons (Fsp3) is 0. The zero-order chi connectivity index (χ0) is 12.0. The molecule has 0 atom stereocenters. The van der Waals surface area contributed by atoms with Gasteiger partial charge in [0.1, 0.15) is 11.0 Å². The summed E-state index contributed by atoms with van der Waals surface area (Å²) in [4.78, 5) is 4.14. The second-order valence-corrected chi connectivity index (χ2v) is 4.99. The number of aromatic nitrogens is 3. The molecule has 6 nitrogen and oxygen atoms in total. The predicted molar refractivity (Wildman–Crippen MR) is 63.5 cm³/mol. The number of benzene rings is 1. The van der Waals surface area contributed by atoms with E-state index < -0.39 is 10.2 Å². The van der Waals surface area contributed by atoms with E-state index in [4.69, 9.17) is 5.14 Å². The van der Waals surface area contributed by atoms with E-state index in [1.807, 2.05) is 24.3 Å². The van der Waals surface area contributed by atoms with E-state index in [9.17, 15) is 8.42 Å². The summed E-state index contributed by atoms with van der Waals surface area (Å²) in [5, 5.41) is 10.5. The lowest BCUT2D eigenvalue weighted by atomic mass is 10.1. The van der Waals surface area contributed by atoms with Crippen LogP contribution >= 0.6 is 0 Å². The van der Waals surface area contributed by atoms with Crippen LogP contribution < -0.4 is 5.14 Å². The number of nitrogens with zero attached hydrogens (tertiary/aromatic N) is 3. The van der Waals surface area contributed by atoms with Gasteiger partial charge in [-0.05, 0) is 0 Å². The zero-order valence-electron chi connectivity index (χ0n) is 8.61. The van der Waals surface area contributed by atoms with Gasteiger partial charge in [-0.2, -0.15) is 13.5 Å². The second kappa shape index (κ2) is 3.25. The first kappa shape index (κ1) is 10.2. The first-order valence-corrected chi connectivity index (χ1v) is 6.32. The van der Waals surface area contributed by atoms with Gasteiger partial charge in [-0.15, -0.1) is 4.09 Å². The zero-order valence-corrected chi connectivity index (χ0v) is 9.42. The summed E-state index contributed by atoms with van der Waals surface area (Å²) < 4.78 is 23.6. The molecule has 2 aromatic heterocycles. The highest BCUT2D eigenvalue weighted by molar-refractivity contribution is 7.87.